The minimum atomic E-state index is -4.51. The summed E-state index contributed by atoms with van der Waals surface area (Å²) < 4.78 is 47.1. The zero-order valence-corrected chi connectivity index (χ0v) is 15.6. The number of nitrogens with one attached hydrogen (secondary N) is 1. The van der Waals surface area contributed by atoms with Crippen molar-refractivity contribution >= 4 is 29.1 Å². The Hall–Kier alpha value is -3.27. The number of nitrogens with zero attached hydrogens (tertiary/aromatic N) is 2. The highest BCUT2D eigenvalue weighted by atomic mass is 35.5. The molecule has 0 bridgehead atoms. The van der Waals surface area contributed by atoms with Crippen LogP contribution in [0.5, 0.6) is 5.75 Å². The lowest BCUT2D eigenvalue weighted by Gasteiger charge is -2.15. The lowest BCUT2D eigenvalue weighted by atomic mass is 10.1. The van der Waals surface area contributed by atoms with Crippen molar-refractivity contribution in [3.05, 3.63) is 52.9 Å². The molecule has 0 aliphatic heterocycles. The third kappa shape index (κ3) is 4.96. The van der Waals surface area contributed by atoms with E-state index in [1.54, 1.807) is 6.92 Å². The first kappa shape index (κ1) is 20.5. The number of carbonyl (C=O) groups is 1. The number of amides is 1. The maximum absolute atomic E-state index is 12.5. The van der Waals surface area contributed by atoms with Gasteiger partial charge in [-0.05, 0) is 37.3 Å². The molecule has 1 aromatic carbocycles. The number of aryl methyl sites for hydroxylation is 1. The molecule has 1 amide bonds. The van der Waals surface area contributed by atoms with Crippen molar-refractivity contribution in [2.45, 2.75) is 13.1 Å². The number of hydrogen-bond acceptors (Lipinski definition) is 6. The van der Waals surface area contributed by atoms with Crippen LogP contribution in [0.15, 0.2) is 41.1 Å². The van der Waals surface area contributed by atoms with Gasteiger partial charge in [-0.25, -0.2) is 4.98 Å². The van der Waals surface area contributed by atoms with Gasteiger partial charge < -0.3 is 20.3 Å². The molecule has 152 valence electrons. The van der Waals surface area contributed by atoms with Crippen LogP contribution in [0.1, 0.15) is 16.1 Å². The lowest BCUT2D eigenvalue weighted by molar-refractivity contribution is -0.153. The summed E-state index contributed by atoms with van der Waals surface area (Å²) in [5.41, 5.74) is 7.12. The monoisotopic (exact) mass is 426 g/mol. The highest BCUT2D eigenvalue weighted by Crippen LogP contribution is 2.36. The Labute approximate surface area is 167 Å². The second-order valence-electron chi connectivity index (χ2n) is 5.94. The van der Waals surface area contributed by atoms with Gasteiger partial charge in [-0.15, -0.1) is 0 Å². The van der Waals surface area contributed by atoms with Crippen LogP contribution in [0.2, 0.25) is 5.02 Å². The highest BCUT2D eigenvalue weighted by molar-refractivity contribution is 6.31. The smallest absolute Gasteiger partial charge is 0.422 e. The van der Waals surface area contributed by atoms with E-state index in [2.05, 4.69) is 15.5 Å². The second-order valence-corrected chi connectivity index (χ2v) is 6.38. The average Bonchev–Trinajstić information content (AvgIpc) is 3.06. The number of hydrogen-bond donors (Lipinski definition) is 2. The van der Waals surface area contributed by atoms with Crippen molar-refractivity contribution in [1.82, 2.24) is 10.1 Å². The number of carbonyl (C=O) groups excluding carboxylic acids is 1. The molecule has 0 atom stereocenters. The van der Waals surface area contributed by atoms with Gasteiger partial charge >= 0.3 is 6.18 Å². The van der Waals surface area contributed by atoms with Gasteiger partial charge in [0.2, 0.25) is 0 Å². The molecule has 0 aliphatic rings. The molecule has 2 aromatic heterocycles. The largest absolute Gasteiger partial charge is 0.483 e. The van der Waals surface area contributed by atoms with Crippen LogP contribution in [0.4, 0.5) is 24.8 Å². The standard InChI is InChI=1S/C18H14ClF3N4O3/c1-9-13(7-29-26-9)17(27)25-15-5-3-11(16(23)24-15)12-6-10(19)2-4-14(12)28-8-18(20,21)22/h2-7H,8H2,1H3,(H3,23,24,25,27). The molecule has 2 heterocycles. The van der Waals surface area contributed by atoms with Crippen LogP contribution < -0.4 is 15.8 Å². The molecule has 0 aliphatic carbocycles. The number of anilines is 2. The molecule has 0 fully saturated rings. The summed E-state index contributed by atoms with van der Waals surface area (Å²) in [7, 11) is 0. The van der Waals surface area contributed by atoms with Crippen molar-refractivity contribution in [3.63, 3.8) is 0 Å². The molecule has 3 rings (SSSR count). The highest BCUT2D eigenvalue weighted by Gasteiger charge is 2.29. The van der Waals surface area contributed by atoms with Gasteiger partial charge in [0.15, 0.2) is 6.61 Å². The summed E-state index contributed by atoms with van der Waals surface area (Å²) >= 11 is 5.97. The first-order valence-electron chi connectivity index (χ1n) is 8.12. The molecule has 7 nitrogen and oxygen atoms in total. The normalized spacial score (nSPS) is 11.3. The SMILES string of the molecule is Cc1nocc1C(=O)Nc1ccc(-c2cc(Cl)ccc2OCC(F)(F)F)c(N)n1. The fourth-order valence-corrected chi connectivity index (χ4v) is 2.64. The molecule has 0 radical (unpaired) electrons. The number of benzene rings is 1. The average molecular weight is 427 g/mol. The van der Waals surface area contributed by atoms with E-state index in [0.717, 1.165) is 0 Å². The first-order valence-corrected chi connectivity index (χ1v) is 8.50. The Balaban J connectivity index is 1.88. The van der Waals surface area contributed by atoms with Gasteiger partial charge in [0.1, 0.15) is 29.2 Å². The van der Waals surface area contributed by atoms with Crippen molar-refractivity contribution in [1.29, 1.82) is 0 Å². The van der Waals surface area contributed by atoms with Crippen LogP contribution >= 0.6 is 11.6 Å². The Kier molecular flexibility index (Phi) is 5.64. The fraction of sp³-hybridized carbons (Fsp3) is 0.167. The third-order valence-electron chi connectivity index (χ3n) is 3.78. The predicted molar refractivity (Wildman–Crippen MR) is 99.8 cm³/mol. The minimum Gasteiger partial charge on any atom is -0.483 e. The first-order chi connectivity index (χ1) is 13.6. The topological polar surface area (TPSA) is 103 Å². The van der Waals surface area contributed by atoms with Gasteiger partial charge in [-0.1, -0.05) is 16.8 Å². The van der Waals surface area contributed by atoms with E-state index in [4.69, 9.17) is 26.6 Å². The summed E-state index contributed by atoms with van der Waals surface area (Å²) in [4.78, 5) is 16.3. The maximum atomic E-state index is 12.5. The molecule has 11 heteroatoms. The van der Waals surface area contributed by atoms with Crippen LogP contribution in [-0.2, 0) is 0 Å². The number of pyridine rings is 1. The van der Waals surface area contributed by atoms with E-state index < -0.39 is 18.7 Å². The number of nitrogen functional groups attached to an aromatic ring is 1. The van der Waals surface area contributed by atoms with Gasteiger partial charge in [0.05, 0.1) is 5.69 Å². The molecular formula is C18H14ClF3N4O3. The van der Waals surface area contributed by atoms with Crippen molar-refractivity contribution in [3.8, 4) is 16.9 Å². The molecular weight excluding hydrogens is 413 g/mol. The number of rotatable bonds is 5. The van der Waals surface area contributed by atoms with Crippen LogP contribution in [0.3, 0.4) is 0 Å². The summed E-state index contributed by atoms with van der Waals surface area (Å²) in [5, 5.41) is 6.43. The number of nitrogens with two attached hydrogens (primary N) is 1. The van der Waals surface area contributed by atoms with E-state index >= 15 is 0 Å². The zero-order valence-electron chi connectivity index (χ0n) is 14.9. The van der Waals surface area contributed by atoms with Crippen molar-refractivity contribution in [2.75, 3.05) is 17.7 Å². The van der Waals surface area contributed by atoms with E-state index in [0.29, 0.717) is 11.3 Å². The summed E-state index contributed by atoms with van der Waals surface area (Å²) in [5.74, 6) is -0.460. The Morgan fingerprint density at radius 2 is 2.03 bits per heavy atom. The molecule has 0 saturated heterocycles. The van der Waals surface area contributed by atoms with E-state index in [9.17, 15) is 18.0 Å². The number of aromatic nitrogens is 2. The molecule has 0 saturated carbocycles. The summed E-state index contributed by atoms with van der Waals surface area (Å²) in [6.07, 6.45) is -3.31. The van der Waals surface area contributed by atoms with Gasteiger partial charge in [0, 0.05) is 16.1 Å². The zero-order chi connectivity index (χ0) is 21.2. The predicted octanol–water partition coefficient (Wildman–Crippen LogP) is 4.47. The van der Waals surface area contributed by atoms with Crippen LogP contribution in [-0.4, -0.2) is 28.8 Å². The number of halogens is 4. The summed E-state index contributed by atoms with van der Waals surface area (Å²) in [6.45, 7) is 0.131. The maximum Gasteiger partial charge on any atom is 0.422 e. The van der Waals surface area contributed by atoms with E-state index in [1.807, 2.05) is 0 Å². The van der Waals surface area contributed by atoms with Gasteiger partial charge in [-0.3, -0.25) is 4.79 Å². The van der Waals surface area contributed by atoms with Crippen LogP contribution in [0.25, 0.3) is 11.1 Å². The Morgan fingerprint density at radius 3 is 2.66 bits per heavy atom. The lowest BCUT2D eigenvalue weighted by Crippen LogP contribution is -2.19. The van der Waals surface area contributed by atoms with Crippen LogP contribution in [0, 0.1) is 6.92 Å². The second kappa shape index (κ2) is 8.00. The van der Waals surface area contributed by atoms with Gasteiger partial charge in [0.25, 0.3) is 5.91 Å². The third-order valence-corrected chi connectivity index (χ3v) is 4.02. The van der Waals surface area contributed by atoms with Crippen molar-refractivity contribution in [2.24, 2.45) is 0 Å². The summed E-state index contributed by atoms with van der Waals surface area (Å²) in [6, 6.07) is 7.06. The Morgan fingerprint density at radius 1 is 1.28 bits per heavy atom. The minimum absolute atomic E-state index is 0.0380. The molecule has 0 spiro atoms. The number of ether oxygens (including phenoxy) is 1. The number of alkyl halides is 3. The van der Waals surface area contributed by atoms with Gasteiger partial charge in [-0.2, -0.15) is 13.2 Å². The molecule has 3 N–H and O–H groups in total. The van der Waals surface area contributed by atoms with E-state index in [1.165, 1.54) is 36.6 Å². The molecule has 3 aromatic rings. The Bertz CT molecular complexity index is 1050. The molecule has 29 heavy (non-hydrogen) atoms. The fourth-order valence-electron chi connectivity index (χ4n) is 2.46. The van der Waals surface area contributed by atoms with E-state index in [-0.39, 0.29) is 33.5 Å². The molecule has 0 unspecified atom stereocenters. The quantitative estimate of drug-likeness (QED) is 0.623. The van der Waals surface area contributed by atoms with Crippen molar-refractivity contribution < 1.29 is 27.2 Å².